The first-order valence-corrected chi connectivity index (χ1v) is 9.21. The van der Waals surface area contributed by atoms with Gasteiger partial charge in [0.05, 0.1) is 6.10 Å². The Hall–Kier alpha value is -2.49. The lowest BCUT2D eigenvalue weighted by atomic mass is 9.87. The zero-order valence-electron chi connectivity index (χ0n) is 15.7. The molecule has 1 saturated carbocycles. The highest BCUT2D eigenvalue weighted by Crippen LogP contribution is 2.32. The first-order chi connectivity index (χ1) is 13.2. The fourth-order valence-electron chi connectivity index (χ4n) is 3.14. The van der Waals surface area contributed by atoms with Crippen LogP contribution in [0.1, 0.15) is 57.0 Å². The largest absolute Gasteiger partial charge is 0.433 e. The summed E-state index contributed by atoms with van der Waals surface area (Å²) in [5.74, 6) is 0.980. The van der Waals surface area contributed by atoms with Crippen molar-refractivity contribution < 1.29 is 18.3 Å². The van der Waals surface area contributed by atoms with E-state index in [1.54, 1.807) is 0 Å². The highest BCUT2D eigenvalue weighted by atomic mass is 19.4. The molecule has 0 aliphatic heterocycles. The fourth-order valence-corrected chi connectivity index (χ4v) is 3.14. The molecule has 0 amide bonds. The minimum Gasteiger partial charge on any atom is -0.393 e. The van der Waals surface area contributed by atoms with Crippen molar-refractivity contribution in [1.29, 1.82) is 0 Å². The van der Waals surface area contributed by atoms with E-state index >= 15 is 0 Å². The normalized spacial score (nSPS) is 20.2. The third-order valence-corrected chi connectivity index (χ3v) is 4.39. The molecule has 1 aliphatic rings. The van der Waals surface area contributed by atoms with E-state index in [1.165, 1.54) is 6.07 Å². The Kier molecular flexibility index (Phi) is 5.97. The zero-order chi connectivity index (χ0) is 20.3. The van der Waals surface area contributed by atoms with Gasteiger partial charge in [-0.1, -0.05) is 6.42 Å². The number of pyridine rings is 1. The smallest absolute Gasteiger partial charge is 0.393 e. The second-order valence-corrected chi connectivity index (χ2v) is 7.21. The molecule has 152 valence electrons. The van der Waals surface area contributed by atoms with Crippen molar-refractivity contribution in [3.8, 4) is 0 Å². The van der Waals surface area contributed by atoms with Crippen LogP contribution in [0, 0.1) is 0 Å². The van der Waals surface area contributed by atoms with Gasteiger partial charge in [0, 0.05) is 23.8 Å². The molecule has 2 atom stereocenters. The maximum atomic E-state index is 12.9. The van der Waals surface area contributed by atoms with Crippen LogP contribution < -0.4 is 10.6 Å². The molecule has 10 heteroatoms. The van der Waals surface area contributed by atoms with Gasteiger partial charge in [0.15, 0.2) is 0 Å². The molecule has 3 rings (SSSR count). The lowest BCUT2D eigenvalue weighted by Crippen LogP contribution is -2.22. The molecule has 2 unspecified atom stereocenters. The summed E-state index contributed by atoms with van der Waals surface area (Å²) in [6, 6.07) is 2.39. The minimum atomic E-state index is -4.54. The lowest BCUT2D eigenvalue weighted by molar-refractivity contribution is -0.141. The highest BCUT2D eigenvalue weighted by molar-refractivity contribution is 5.54. The summed E-state index contributed by atoms with van der Waals surface area (Å²) in [6.07, 6.45) is -0.841. The van der Waals surface area contributed by atoms with Gasteiger partial charge >= 0.3 is 6.18 Å². The van der Waals surface area contributed by atoms with Crippen LogP contribution in [0.4, 0.5) is 30.8 Å². The SMILES string of the molecule is CC(C)Nc1nc(Nc2ccnc(C(F)(F)F)c2)nc(C2CCCC(O)C2)n1. The second kappa shape index (κ2) is 8.26. The van der Waals surface area contributed by atoms with Gasteiger partial charge in [-0.25, -0.2) is 0 Å². The first-order valence-electron chi connectivity index (χ1n) is 9.21. The van der Waals surface area contributed by atoms with Crippen molar-refractivity contribution in [3.63, 3.8) is 0 Å². The van der Waals surface area contributed by atoms with Gasteiger partial charge in [0.1, 0.15) is 11.5 Å². The number of rotatable bonds is 5. The Morgan fingerprint density at radius 3 is 2.57 bits per heavy atom. The van der Waals surface area contributed by atoms with E-state index in [4.69, 9.17) is 0 Å². The summed E-state index contributed by atoms with van der Waals surface area (Å²) in [5, 5.41) is 15.9. The van der Waals surface area contributed by atoms with Crippen LogP contribution in [0.2, 0.25) is 0 Å². The van der Waals surface area contributed by atoms with E-state index in [2.05, 4.69) is 30.6 Å². The molecule has 3 N–H and O–H groups in total. The van der Waals surface area contributed by atoms with Crippen LogP contribution in [0.15, 0.2) is 18.3 Å². The van der Waals surface area contributed by atoms with Crippen molar-refractivity contribution in [2.24, 2.45) is 0 Å². The van der Waals surface area contributed by atoms with Crippen LogP contribution in [0.5, 0.6) is 0 Å². The predicted molar refractivity (Wildman–Crippen MR) is 98.3 cm³/mol. The summed E-state index contributed by atoms with van der Waals surface area (Å²) in [6.45, 7) is 3.86. The van der Waals surface area contributed by atoms with E-state index in [0.717, 1.165) is 31.5 Å². The predicted octanol–water partition coefficient (Wildman–Crippen LogP) is 3.87. The molecule has 2 aromatic heterocycles. The topological polar surface area (TPSA) is 95.9 Å². The van der Waals surface area contributed by atoms with Crippen molar-refractivity contribution in [2.45, 2.75) is 63.8 Å². The van der Waals surface area contributed by atoms with E-state index in [9.17, 15) is 18.3 Å². The van der Waals surface area contributed by atoms with E-state index < -0.39 is 18.0 Å². The average Bonchev–Trinajstić information content (AvgIpc) is 2.60. The number of nitrogens with one attached hydrogen (secondary N) is 2. The number of aliphatic hydroxyl groups is 1. The summed E-state index contributed by atoms with van der Waals surface area (Å²) < 4.78 is 38.7. The van der Waals surface area contributed by atoms with Gasteiger partial charge in [-0.3, -0.25) is 4.98 Å². The number of anilines is 3. The van der Waals surface area contributed by atoms with Crippen molar-refractivity contribution >= 4 is 17.6 Å². The van der Waals surface area contributed by atoms with Crippen LogP contribution in [-0.4, -0.2) is 37.2 Å². The molecule has 0 saturated heterocycles. The van der Waals surface area contributed by atoms with Gasteiger partial charge in [-0.15, -0.1) is 0 Å². The number of aliphatic hydroxyl groups excluding tert-OH is 1. The highest BCUT2D eigenvalue weighted by Gasteiger charge is 2.32. The van der Waals surface area contributed by atoms with Crippen molar-refractivity contribution in [3.05, 3.63) is 29.8 Å². The Morgan fingerprint density at radius 1 is 1.14 bits per heavy atom. The van der Waals surface area contributed by atoms with Gasteiger partial charge < -0.3 is 15.7 Å². The second-order valence-electron chi connectivity index (χ2n) is 7.21. The average molecular weight is 396 g/mol. The third kappa shape index (κ3) is 5.28. The molecule has 1 aliphatic carbocycles. The van der Waals surface area contributed by atoms with E-state index in [0.29, 0.717) is 18.2 Å². The van der Waals surface area contributed by atoms with Crippen LogP contribution in [0.25, 0.3) is 0 Å². The Labute approximate surface area is 160 Å². The molecule has 2 aromatic rings. The Balaban J connectivity index is 1.90. The molecule has 0 spiro atoms. The summed E-state index contributed by atoms with van der Waals surface area (Å²) in [4.78, 5) is 16.5. The van der Waals surface area contributed by atoms with Gasteiger partial charge in [0.2, 0.25) is 11.9 Å². The van der Waals surface area contributed by atoms with Crippen LogP contribution in [0.3, 0.4) is 0 Å². The van der Waals surface area contributed by atoms with Crippen LogP contribution in [-0.2, 0) is 6.18 Å². The summed E-state index contributed by atoms with van der Waals surface area (Å²) in [7, 11) is 0. The molecule has 28 heavy (non-hydrogen) atoms. The van der Waals surface area contributed by atoms with Gasteiger partial charge in [0.25, 0.3) is 0 Å². The summed E-state index contributed by atoms with van der Waals surface area (Å²) in [5.41, 5.74) is -0.818. The monoisotopic (exact) mass is 396 g/mol. The lowest BCUT2D eigenvalue weighted by Gasteiger charge is -2.25. The number of nitrogens with zero attached hydrogens (tertiary/aromatic N) is 4. The third-order valence-electron chi connectivity index (χ3n) is 4.39. The quantitative estimate of drug-likeness (QED) is 0.706. The standard InChI is InChI=1S/C18H23F3N6O/c1-10(2)23-16-25-15(11-4-3-5-13(28)8-11)26-17(27-16)24-12-6-7-22-14(9-12)18(19,20)21/h6-7,9-11,13,28H,3-5,8H2,1-2H3,(H2,22,23,24,25,26,27). The number of alkyl halides is 3. The minimum absolute atomic E-state index is 0.0248. The molecule has 2 heterocycles. The van der Waals surface area contributed by atoms with Crippen molar-refractivity contribution in [1.82, 2.24) is 19.9 Å². The zero-order valence-corrected chi connectivity index (χ0v) is 15.7. The molecule has 1 fully saturated rings. The van der Waals surface area contributed by atoms with Crippen molar-refractivity contribution in [2.75, 3.05) is 10.6 Å². The molecule has 0 radical (unpaired) electrons. The van der Waals surface area contributed by atoms with Gasteiger partial charge in [-0.2, -0.15) is 28.1 Å². The summed E-state index contributed by atoms with van der Waals surface area (Å²) >= 11 is 0. The molecule has 7 nitrogen and oxygen atoms in total. The molecule has 0 aromatic carbocycles. The number of aromatic nitrogens is 4. The van der Waals surface area contributed by atoms with E-state index in [-0.39, 0.29) is 23.6 Å². The molecular weight excluding hydrogens is 373 g/mol. The van der Waals surface area contributed by atoms with Gasteiger partial charge in [-0.05, 0) is 45.2 Å². The van der Waals surface area contributed by atoms with Crippen LogP contribution >= 0.6 is 0 Å². The number of halogens is 3. The number of hydrogen-bond donors (Lipinski definition) is 3. The molecule has 0 bridgehead atoms. The first kappa shape index (κ1) is 20.2. The molecular formula is C18H23F3N6O. The van der Waals surface area contributed by atoms with E-state index in [1.807, 2.05) is 13.8 Å². The Bertz CT molecular complexity index is 814. The Morgan fingerprint density at radius 2 is 1.89 bits per heavy atom. The fraction of sp³-hybridized carbons (Fsp3) is 0.556. The maximum Gasteiger partial charge on any atom is 0.433 e. The maximum absolute atomic E-state index is 12.9. The number of hydrogen-bond acceptors (Lipinski definition) is 7.